The Bertz CT molecular complexity index is 680. The van der Waals surface area contributed by atoms with Crippen molar-refractivity contribution in [3.8, 4) is 5.75 Å². The van der Waals surface area contributed by atoms with E-state index in [9.17, 15) is 4.79 Å². The molecule has 1 saturated heterocycles. The van der Waals surface area contributed by atoms with Gasteiger partial charge in [0.2, 0.25) is 0 Å². The summed E-state index contributed by atoms with van der Waals surface area (Å²) in [4.78, 5) is 18.6. The first-order valence-electron chi connectivity index (χ1n) is 11.5. The molecule has 0 aromatic carbocycles. The number of aromatic nitrogens is 1. The van der Waals surface area contributed by atoms with Crippen molar-refractivity contribution in [3.05, 3.63) is 24.0 Å². The van der Waals surface area contributed by atoms with Crippen LogP contribution in [0.15, 0.2) is 18.5 Å². The Balaban J connectivity index is 1.49. The Morgan fingerprint density at radius 3 is 2.60 bits per heavy atom. The normalized spacial score (nSPS) is 24.7. The van der Waals surface area contributed by atoms with Gasteiger partial charge in [-0.2, -0.15) is 0 Å². The molecule has 30 heavy (non-hydrogen) atoms. The van der Waals surface area contributed by atoms with Crippen LogP contribution in [-0.2, 0) is 11.2 Å². The molecular formula is C24H38N2O4. The number of hydrogen-bond donors (Lipinski definition) is 1. The van der Waals surface area contributed by atoms with Crippen molar-refractivity contribution in [2.45, 2.75) is 83.8 Å². The number of carbonyl (C=O) groups is 1. The minimum absolute atomic E-state index is 0.0466. The Hall–Kier alpha value is -1.82. The SMILES string of the molecule is CC(C)(C)OC(=O)N1CCC[C@H]1COc1cncc(C[C@H]2CC[C@H](CCO)CC2)c1. The maximum absolute atomic E-state index is 12.4. The maximum atomic E-state index is 12.4. The highest BCUT2D eigenvalue weighted by Crippen LogP contribution is 2.33. The van der Waals surface area contributed by atoms with Crippen LogP contribution in [0.2, 0.25) is 0 Å². The lowest BCUT2D eigenvalue weighted by molar-refractivity contribution is 0.0187. The number of ether oxygens (including phenoxy) is 2. The lowest BCUT2D eigenvalue weighted by Crippen LogP contribution is -2.42. The van der Waals surface area contributed by atoms with Crippen LogP contribution in [-0.4, -0.2) is 52.5 Å². The van der Waals surface area contributed by atoms with Crippen molar-refractivity contribution in [2.24, 2.45) is 11.8 Å². The molecular weight excluding hydrogens is 380 g/mol. The second-order valence-corrected chi connectivity index (χ2v) is 9.91. The molecule has 2 aliphatic rings. The molecule has 1 aromatic rings. The standard InChI is InChI=1S/C24H38N2O4/c1-24(2,3)30-23(28)26-11-4-5-21(26)17-29-22-14-20(15-25-16-22)13-19-8-6-18(7-9-19)10-12-27/h14-16,18-19,21,27H,4-13,17H2,1-3H3/t18-,19-,21-/m0/s1. The van der Waals surface area contributed by atoms with E-state index in [4.69, 9.17) is 14.6 Å². The van der Waals surface area contributed by atoms with Gasteiger partial charge in [-0.3, -0.25) is 4.98 Å². The monoisotopic (exact) mass is 418 g/mol. The highest BCUT2D eigenvalue weighted by atomic mass is 16.6. The van der Waals surface area contributed by atoms with E-state index in [0.29, 0.717) is 25.0 Å². The average Bonchev–Trinajstić information content (AvgIpc) is 3.16. The third kappa shape index (κ3) is 6.86. The Morgan fingerprint density at radius 1 is 1.17 bits per heavy atom. The van der Waals surface area contributed by atoms with E-state index in [2.05, 4.69) is 11.1 Å². The number of pyridine rings is 1. The van der Waals surface area contributed by atoms with E-state index in [1.165, 1.54) is 31.2 Å². The fourth-order valence-electron chi connectivity index (χ4n) is 4.66. The van der Waals surface area contributed by atoms with Gasteiger partial charge >= 0.3 is 6.09 Å². The second-order valence-electron chi connectivity index (χ2n) is 9.91. The zero-order chi connectivity index (χ0) is 21.6. The Morgan fingerprint density at radius 2 is 1.90 bits per heavy atom. The van der Waals surface area contributed by atoms with Gasteiger partial charge in [0, 0.05) is 19.3 Å². The van der Waals surface area contributed by atoms with Crippen LogP contribution in [0.5, 0.6) is 5.75 Å². The van der Waals surface area contributed by atoms with Gasteiger partial charge in [0.1, 0.15) is 18.0 Å². The minimum Gasteiger partial charge on any atom is -0.490 e. The lowest BCUT2D eigenvalue weighted by atomic mass is 9.78. The molecule has 6 heteroatoms. The van der Waals surface area contributed by atoms with E-state index in [0.717, 1.165) is 38.0 Å². The van der Waals surface area contributed by atoms with Gasteiger partial charge in [0.15, 0.2) is 0 Å². The van der Waals surface area contributed by atoms with Crippen LogP contribution >= 0.6 is 0 Å². The molecule has 1 aliphatic heterocycles. The fourth-order valence-corrected chi connectivity index (χ4v) is 4.66. The summed E-state index contributed by atoms with van der Waals surface area (Å²) in [5.41, 5.74) is 0.731. The van der Waals surface area contributed by atoms with Crippen LogP contribution < -0.4 is 4.74 Å². The third-order valence-corrected chi connectivity index (χ3v) is 6.25. The molecule has 6 nitrogen and oxygen atoms in total. The zero-order valence-electron chi connectivity index (χ0n) is 18.8. The van der Waals surface area contributed by atoms with Gasteiger partial charge in [-0.05, 0) is 82.8 Å². The first-order chi connectivity index (χ1) is 14.3. The predicted octanol–water partition coefficient (Wildman–Crippen LogP) is 4.59. The van der Waals surface area contributed by atoms with Crippen molar-refractivity contribution in [1.29, 1.82) is 0 Å². The fraction of sp³-hybridized carbons (Fsp3) is 0.750. The first kappa shape index (κ1) is 22.9. The highest BCUT2D eigenvalue weighted by molar-refractivity contribution is 5.69. The molecule has 2 fully saturated rings. The summed E-state index contributed by atoms with van der Waals surface area (Å²) in [6, 6.07) is 2.14. The Kier molecular flexibility index (Phi) is 7.98. The Labute approximate surface area is 181 Å². The molecule has 3 rings (SSSR count). The number of aliphatic hydroxyl groups is 1. The van der Waals surface area contributed by atoms with Crippen molar-refractivity contribution in [1.82, 2.24) is 9.88 Å². The maximum Gasteiger partial charge on any atom is 0.410 e. The van der Waals surface area contributed by atoms with Gasteiger partial charge in [0.25, 0.3) is 0 Å². The summed E-state index contributed by atoms with van der Waals surface area (Å²) < 4.78 is 11.6. The van der Waals surface area contributed by atoms with Gasteiger partial charge in [-0.25, -0.2) is 4.79 Å². The summed E-state index contributed by atoms with van der Waals surface area (Å²) in [5, 5.41) is 9.12. The molecule has 1 aromatic heterocycles. The molecule has 1 atom stereocenters. The van der Waals surface area contributed by atoms with Crippen LogP contribution in [0.3, 0.4) is 0 Å². The van der Waals surface area contributed by atoms with Crippen molar-refractivity contribution < 1.29 is 19.4 Å². The number of amides is 1. The zero-order valence-corrected chi connectivity index (χ0v) is 18.8. The number of rotatable bonds is 7. The van der Waals surface area contributed by atoms with E-state index >= 15 is 0 Å². The topological polar surface area (TPSA) is 71.9 Å². The molecule has 0 radical (unpaired) electrons. The number of nitrogens with zero attached hydrogens (tertiary/aromatic N) is 2. The summed E-state index contributed by atoms with van der Waals surface area (Å²) in [6.45, 7) is 7.18. The molecule has 1 aliphatic carbocycles. The third-order valence-electron chi connectivity index (χ3n) is 6.25. The van der Waals surface area contributed by atoms with Gasteiger partial charge < -0.3 is 19.5 Å². The second kappa shape index (κ2) is 10.5. The average molecular weight is 419 g/mol. The molecule has 168 valence electrons. The van der Waals surface area contributed by atoms with Crippen LogP contribution in [0.25, 0.3) is 0 Å². The highest BCUT2D eigenvalue weighted by Gasteiger charge is 2.32. The molecule has 1 amide bonds. The van der Waals surface area contributed by atoms with E-state index in [1.807, 2.05) is 27.0 Å². The number of likely N-dealkylation sites (tertiary alicyclic amines) is 1. The minimum atomic E-state index is -0.486. The quantitative estimate of drug-likeness (QED) is 0.701. The van der Waals surface area contributed by atoms with Crippen LogP contribution in [0.1, 0.15) is 71.3 Å². The first-order valence-corrected chi connectivity index (χ1v) is 11.5. The molecule has 1 N–H and O–H groups in total. The molecule has 2 heterocycles. The summed E-state index contributed by atoms with van der Waals surface area (Å²) in [6.07, 6.45) is 12.2. The van der Waals surface area contributed by atoms with Gasteiger partial charge in [0.05, 0.1) is 12.2 Å². The smallest absolute Gasteiger partial charge is 0.410 e. The molecule has 1 saturated carbocycles. The molecule has 0 unspecified atom stereocenters. The largest absolute Gasteiger partial charge is 0.490 e. The summed E-state index contributed by atoms with van der Waals surface area (Å²) >= 11 is 0. The van der Waals surface area contributed by atoms with Gasteiger partial charge in [-0.1, -0.05) is 12.8 Å². The van der Waals surface area contributed by atoms with Crippen LogP contribution in [0, 0.1) is 11.8 Å². The van der Waals surface area contributed by atoms with Crippen molar-refractivity contribution in [2.75, 3.05) is 19.8 Å². The van der Waals surface area contributed by atoms with E-state index in [-0.39, 0.29) is 12.1 Å². The molecule has 0 spiro atoms. The number of aliphatic hydroxyl groups excluding tert-OH is 1. The van der Waals surface area contributed by atoms with Crippen molar-refractivity contribution >= 4 is 6.09 Å². The number of hydrogen-bond acceptors (Lipinski definition) is 5. The lowest BCUT2D eigenvalue weighted by Gasteiger charge is -2.29. The molecule has 0 bridgehead atoms. The van der Waals surface area contributed by atoms with Gasteiger partial charge in [-0.15, -0.1) is 0 Å². The van der Waals surface area contributed by atoms with Crippen molar-refractivity contribution in [3.63, 3.8) is 0 Å². The summed E-state index contributed by atoms with van der Waals surface area (Å²) in [7, 11) is 0. The summed E-state index contributed by atoms with van der Waals surface area (Å²) in [5.74, 6) is 2.16. The van der Waals surface area contributed by atoms with E-state index in [1.54, 1.807) is 11.1 Å². The van der Waals surface area contributed by atoms with E-state index < -0.39 is 5.60 Å². The predicted molar refractivity (Wildman–Crippen MR) is 117 cm³/mol. The number of carbonyl (C=O) groups excluding carboxylic acids is 1. The van der Waals surface area contributed by atoms with Crippen LogP contribution in [0.4, 0.5) is 4.79 Å².